The Morgan fingerprint density at radius 3 is 2.68 bits per heavy atom. The number of nitrogens with one attached hydrogen (secondary N) is 2. The van der Waals surface area contributed by atoms with Gasteiger partial charge in [0.1, 0.15) is 0 Å². The van der Waals surface area contributed by atoms with E-state index in [9.17, 15) is 9.59 Å². The zero-order valence-corrected chi connectivity index (χ0v) is 16.2. The van der Waals surface area contributed by atoms with Gasteiger partial charge in [0.15, 0.2) is 0 Å². The number of urea groups is 1. The lowest BCUT2D eigenvalue weighted by Crippen LogP contribution is -2.46. The fraction of sp³-hybridized carbons (Fsp3) is 0.238. The molecule has 2 aromatic carbocycles. The zero-order chi connectivity index (χ0) is 19.8. The average Bonchev–Trinajstić information content (AvgIpc) is 3.04. The van der Waals surface area contributed by atoms with Gasteiger partial charge in [-0.25, -0.2) is 4.79 Å². The number of carbonyl (C=O) groups is 2. The molecule has 0 bridgehead atoms. The molecular weight excluding hydrogens is 376 g/mol. The fourth-order valence-corrected chi connectivity index (χ4v) is 4.40. The summed E-state index contributed by atoms with van der Waals surface area (Å²) in [6, 6.07) is 15.1. The number of rotatable bonds is 3. The second kappa shape index (κ2) is 7.30. The van der Waals surface area contributed by atoms with Crippen LogP contribution in [0.25, 0.3) is 10.9 Å². The van der Waals surface area contributed by atoms with Crippen molar-refractivity contribution in [2.45, 2.75) is 18.9 Å². The van der Waals surface area contributed by atoms with Crippen LogP contribution in [0.5, 0.6) is 0 Å². The molecule has 0 fully saturated rings. The quantitative estimate of drug-likeness (QED) is 0.632. The predicted molar refractivity (Wildman–Crippen MR) is 109 cm³/mol. The Labute approximate surface area is 167 Å². The van der Waals surface area contributed by atoms with Crippen molar-refractivity contribution in [3.8, 4) is 0 Å². The summed E-state index contributed by atoms with van der Waals surface area (Å²) in [6.45, 7) is 2.72. The Balaban J connectivity index is 1.81. The standard InChI is InChI=1S/C21H21ClN4O2/c1-12-20-19(14-7-3-5-9-17(14)24-20)15(13-6-2-4-8-16(13)22)10-26(12)11-18(27)25-21(23)28/h2-9,12,15,24H,10-11H2,1H3,(H3,23,25,27,28). The Kier molecular flexibility index (Phi) is 4.83. The predicted octanol–water partition coefficient (Wildman–Crippen LogP) is 3.52. The lowest BCUT2D eigenvalue weighted by atomic mass is 9.83. The van der Waals surface area contributed by atoms with Crippen LogP contribution >= 0.6 is 11.6 Å². The number of imide groups is 1. The van der Waals surface area contributed by atoms with Crippen molar-refractivity contribution in [1.82, 2.24) is 15.2 Å². The minimum Gasteiger partial charge on any atom is -0.357 e. The van der Waals surface area contributed by atoms with E-state index in [1.54, 1.807) is 0 Å². The van der Waals surface area contributed by atoms with Gasteiger partial charge in [-0.1, -0.05) is 48.0 Å². The number of para-hydroxylation sites is 1. The number of aromatic amines is 1. The lowest BCUT2D eigenvalue weighted by molar-refractivity contribution is -0.121. The lowest BCUT2D eigenvalue weighted by Gasteiger charge is -2.38. The number of hydrogen-bond acceptors (Lipinski definition) is 3. The Morgan fingerprint density at radius 2 is 1.93 bits per heavy atom. The van der Waals surface area contributed by atoms with Crippen molar-refractivity contribution in [3.63, 3.8) is 0 Å². The van der Waals surface area contributed by atoms with Crippen LogP contribution in [0.4, 0.5) is 4.79 Å². The van der Waals surface area contributed by atoms with Crippen LogP contribution in [-0.2, 0) is 4.79 Å². The van der Waals surface area contributed by atoms with E-state index in [1.165, 1.54) is 5.56 Å². The van der Waals surface area contributed by atoms with Gasteiger partial charge < -0.3 is 10.7 Å². The molecule has 144 valence electrons. The third kappa shape index (κ3) is 3.25. The van der Waals surface area contributed by atoms with E-state index in [1.807, 2.05) is 47.4 Å². The number of benzene rings is 2. The van der Waals surface area contributed by atoms with Gasteiger partial charge in [-0.2, -0.15) is 0 Å². The molecule has 3 aromatic rings. The number of amides is 3. The molecule has 0 spiro atoms. The van der Waals surface area contributed by atoms with Gasteiger partial charge in [0, 0.05) is 40.1 Å². The third-order valence-corrected chi connectivity index (χ3v) is 5.74. The number of carbonyl (C=O) groups excluding carboxylic acids is 2. The molecule has 3 amide bonds. The first-order valence-electron chi connectivity index (χ1n) is 9.14. The summed E-state index contributed by atoms with van der Waals surface area (Å²) in [5.74, 6) is -0.422. The summed E-state index contributed by atoms with van der Waals surface area (Å²) in [4.78, 5) is 28.8. The molecule has 2 atom stereocenters. The van der Waals surface area contributed by atoms with Crippen molar-refractivity contribution in [3.05, 3.63) is 70.4 Å². The van der Waals surface area contributed by atoms with Gasteiger partial charge in [-0.05, 0) is 30.2 Å². The molecular formula is C21H21ClN4O2. The maximum atomic E-state index is 12.2. The average molecular weight is 397 g/mol. The van der Waals surface area contributed by atoms with E-state index in [0.717, 1.165) is 22.2 Å². The summed E-state index contributed by atoms with van der Waals surface area (Å²) in [7, 11) is 0. The molecule has 1 aliphatic heterocycles. The normalized spacial score (nSPS) is 19.4. The first-order valence-corrected chi connectivity index (χ1v) is 9.51. The molecule has 0 saturated carbocycles. The second-order valence-corrected chi connectivity index (χ2v) is 7.50. The maximum Gasteiger partial charge on any atom is 0.318 e. The van der Waals surface area contributed by atoms with Gasteiger partial charge in [0.25, 0.3) is 0 Å². The highest BCUT2D eigenvalue weighted by Crippen LogP contribution is 2.44. The number of fused-ring (bicyclic) bond motifs is 3. The Bertz CT molecular complexity index is 1060. The number of aromatic nitrogens is 1. The molecule has 0 aliphatic carbocycles. The third-order valence-electron chi connectivity index (χ3n) is 5.40. The Hall–Kier alpha value is -2.83. The van der Waals surface area contributed by atoms with E-state index in [4.69, 9.17) is 17.3 Å². The SMILES string of the molecule is CC1c2[nH]c3ccccc3c2C(c2ccccc2Cl)CN1CC(=O)NC(N)=O. The van der Waals surface area contributed by atoms with Crippen molar-refractivity contribution < 1.29 is 9.59 Å². The highest BCUT2D eigenvalue weighted by molar-refractivity contribution is 6.31. The smallest absolute Gasteiger partial charge is 0.318 e. The van der Waals surface area contributed by atoms with Crippen LogP contribution in [0.15, 0.2) is 48.5 Å². The molecule has 1 aliphatic rings. The van der Waals surface area contributed by atoms with Crippen molar-refractivity contribution >= 4 is 34.4 Å². The summed E-state index contributed by atoms with van der Waals surface area (Å²) in [5.41, 5.74) is 9.43. The first kappa shape index (κ1) is 18.5. The van der Waals surface area contributed by atoms with E-state index in [0.29, 0.717) is 11.6 Å². The molecule has 2 unspecified atom stereocenters. The highest BCUT2D eigenvalue weighted by Gasteiger charge is 2.36. The minimum atomic E-state index is -0.844. The van der Waals surface area contributed by atoms with E-state index < -0.39 is 11.9 Å². The number of H-pyrrole nitrogens is 1. The van der Waals surface area contributed by atoms with Crippen molar-refractivity contribution in [1.29, 1.82) is 0 Å². The number of halogens is 1. The Morgan fingerprint density at radius 1 is 1.21 bits per heavy atom. The van der Waals surface area contributed by atoms with Crippen molar-refractivity contribution in [2.75, 3.05) is 13.1 Å². The summed E-state index contributed by atoms with van der Waals surface area (Å²) in [5, 5.41) is 4.01. The van der Waals surface area contributed by atoms with Crippen LogP contribution in [0.3, 0.4) is 0 Å². The van der Waals surface area contributed by atoms with E-state index in [2.05, 4.69) is 23.3 Å². The van der Waals surface area contributed by atoms with Gasteiger partial charge in [-0.15, -0.1) is 0 Å². The minimum absolute atomic E-state index is 0.00238. The summed E-state index contributed by atoms with van der Waals surface area (Å²) >= 11 is 6.53. The van der Waals surface area contributed by atoms with Gasteiger partial charge in [0.05, 0.1) is 6.54 Å². The summed E-state index contributed by atoms with van der Waals surface area (Å²) < 4.78 is 0. The molecule has 6 nitrogen and oxygen atoms in total. The van der Waals surface area contributed by atoms with Gasteiger partial charge in [-0.3, -0.25) is 15.0 Å². The summed E-state index contributed by atoms with van der Waals surface area (Å²) in [6.07, 6.45) is 0. The van der Waals surface area contributed by atoms with Gasteiger partial charge in [0.2, 0.25) is 5.91 Å². The largest absolute Gasteiger partial charge is 0.357 e. The van der Waals surface area contributed by atoms with Crippen LogP contribution < -0.4 is 11.1 Å². The molecule has 28 heavy (non-hydrogen) atoms. The fourth-order valence-electron chi connectivity index (χ4n) is 4.13. The van der Waals surface area contributed by atoms with Crippen LogP contribution in [-0.4, -0.2) is 34.9 Å². The molecule has 0 saturated heterocycles. The van der Waals surface area contributed by atoms with Crippen LogP contribution in [0.1, 0.15) is 35.7 Å². The molecule has 4 N–H and O–H groups in total. The number of nitrogens with two attached hydrogens (primary N) is 1. The number of hydrogen-bond donors (Lipinski definition) is 3. The van der Waals surface area contributed by atoms with E-state index in [-0.39, 0.29) is 18.5 Å². The molecule has 1 aromatic heterocycles. The van der Waals surface area contributed by atoms with Crippen molar-refractivity contribution in [2.24, 2.45) is 5.73 Å². The van der Waals surface area contributed by atoms with E-state index >= 15 is 0 Å². The molecule has 2 heterocycles. The molecule has 0 radical (unpaired) electrons. The monoisotopic (exact) mass is 396 g/mol. The number of nitrogens with zero attached hydrogens (tertiary/aromatic N) is 1. The highest BCUT2D eigenvalue weighted by atomic mass is 35.5. The molecule has 4 rings (SSSR count). The zero-order valence-electron chi connectivity index (χ0n) is 15.4. The molecule has 7 heteroatoms. The first-order chi connectivity index (χ1) is 13.5. The number of primary amides is 1. The van der Waals surface area contributed by atoms with Gasteiger partial charge >= 0.3 is 6.03 Å². The second-order valence-electron chi connectivity index (χ2n) is 7.09. The topological polar surface area (TPSA) is 91.2 Å². The van der Waals surface area contributed by atoms with Crippen LogP contribution in [0.2, 0.25) is 5.02 Å². The maximum absolute atomic E-state index is 12.2. The van der Waals surface area contributed by atoms with Crippen LogP contribution in [0, 0.1) is 0 Å².